The lowest BCUT2D eigenvalue weighted by Crippen LogP contribution is -2.46. The summed E-state index contributed by atoms with van der Waals surface area (Å²) in [6.07, 6.45) is -1.93. The molecule has 9 heteroatoms. The molecule has 0 aliphatic carbocycles. The third-order valence-electron chi connectivity index (χ3n) is 3.94. The topological polar surface area (TPSA) is 50.1 Å². The lowest BCUT2D eigenvalue weighted by molar-refractivity contribution is -0.137. The van der Waals surface area contributed by atoms with Crippen LogP contribution in [0.25, 0.3) is 0 Å². The Balaban J connectivity index is 1.57. The number of rotatable bonds is 3. The van der Waals surface area contributed by atoms with Crippen LogP contribution in [0, 0.1) is 0 Å². The van der Waals surface area contributed by atoms with Gasteiger partial charge < -0.3 is 4.90 Å². The van der Waals surface area contributed by atoms with Crippen molar-refractivity contribution in [3.8, 4) is 0 Å². The third kappa shape index (κ3) is 3.61. The van der Waals surface area contributed by atoms with Gasteiger partial charge in [0.25, 0.3) is 0 Å². The van der Waals surface area contributed by atoms with Crippen LogP contribution in [0.5, 0.6) is 0 Å². The number of aryl methyl sites for hydroxylation is 1. The van der Waals surface area contributed by atoms with Gasteiger partial charge in [-0.1, -0.05) is 0 Å². The van der Waals surface area contributed by atoms with E-state index in [0.29, 0.717) is 12.4 Å². The molecule has 0 spiro atoms. The standard InChI is InChI=1S/C14H17F3N6/c1-21-13(19-10-20-21)9-22-4-6-23(7-5-22)12-3-2-11(8-18-12)14(15,16)17/h2-3,8,10H,4-7,9H2,1H3. The fourth-order valence-electron chi connectivity index (χ4n) is 2.54. The molecular formula is C14H17F3N6. The lowest BCUT2D eigenvalue weighted by Gasteiger charge is -2.35. The van der Waals surface area contributed by atoms with Crippen LogP contribution < -0.4 is 4.90 Å². The SMILES string of the molecule is Cn1ncnc1CN1CCN(c2ccc(C(F)(F)F)cn2)CC1. The summed E-state index contributed by atoms with van der Waals surface area (Å²) >= 11 is 0. The van der Waals surface area contributed by atoms with Crippen molar-refractivity contribution >= 4 is 5.82 Å². The minimum atomic E-state index is -4.35. The maximum Gasteiger partial charge on any atom is 0.417 e. The van der Waals surface area contributed by atoms with Crippen LogP contribution in [0.2, 0.25) is 0 Å². The summed E-state index contributed by atoms with van der Waals surface area (Å²) in [5.74, 6) is 1.47. The van der Waals surface area contributed by atoms with Crippen molar-refractivity contribution in [2.75, 3.05) is 31.1 Å². The average molecular weight is 326 g/mol. The van der Waals surface area contributed by atoms with E-state index in [0.717, 1.165) is 44.3 Å². The van der Waals surface area contributed by atoms with Crippen LogP contribution in [0.15, 0.2) is 24.7 Å². The van der Waals surface area contributed by atoms with Crippen LogP contribution in [0.1, 0.15) is 11.4 Å². The van der Waals surface area contributed by atoms with Crippen molar-refractivity contribution in [1.29, 1.82) is 0 Å². The first-order chi connectivity index (χ1) is 10.9. The second-order valence-electron chi connectivity index (χ2n) is 5.47. The largest absolute Gasteiger partial charge is 0.417 e. The number of alkyl halides is 3. The fourth-order valence-corrected chi connectivity index (χ4v) is 2.54. The Bertz CT molecular complexity index is 643. The minimum Gasteiger partial charge on any atom is -0.354 e. The first-order valence-corrected chi connectivity index (χ1v) is 7.27. The summed E-state index contributed by atoms with van der Waals surface area (Å²) in [5, 5.41) is 4.04. The molecular weight excluding hydrogens is 309 g/mol. The van der Waals surface area contributed by atoms with Gasteiger partial charge >= 0.3 is 6.18 Å². The Morgan fingerprint density at radius 1 is 1.09 bits per heavy atom. The molecule has 1 saturated heterocycles. The van der Waals surface area contributed by atoms with Gasteiger partial charge in [0.1, 0.15) is 18.0 Å². The number of hydrogen-bond donors (Lipinski definition) is 0. The molecule has 0 saturated carbocycles. The minimum absolute atomic E-state index is 0.580. The predicted molar refractivity (Wildman–Crippen MR) is 77.7 cm³/mol. The van der Waals surface area contributed by atoms with Crippen LogP contribution in [0.4, 0.5) is 19.0 Å². The molecule has 3 heterocycles. The third-order valence-corrected chi connectivity index (χ3v) is 3.94. The molecule has 3 rings (SSSR count). The Hall–Kier alpha value is -2.16. The van der Waals surface area contributed by atoms with Gasteiger partial charge in [-0.25, -0.2) is 9.97 Å². The molecule has 0 atom stereocenters. The molecule has 0 radical (unpaired) electrons. The highest BCUT2D eigenvalue weighted by molar-refractivity contribution is 5.40. The van der Waals surface area contributed by atoms with Gasteiger partial charge in [0.2, 0.25) is 0 Å². The molecule has 1 aliphatic rings. The van der Waals surface area contributed by atoms with E-state index < -0.39 is 11.7 Å². The molecule has 1 fully saturated rings. The molecule has 0 amide bonds. The highest BCUT2D eigenvalue weighted by Crippen LogP contribution is 2.29. The summed E-state index contributed by atoms with van der Waals surface area (Å²) in [7, 11) is 1.85. The number of pyridine rings is 1. The second kappa shape index (κ2) is 6.15. The molecule has 2 aromatic heterocycles. The Morgan fingerprint density at radius 2 is 1.83 bits per heavy atom. The summed E-state index contributed by atoms with van der Waals surface area (Å²) < 4.78 is 39.4. The summed E-state index contributed by atoms with van der Waals surface area (Å²) in [6.45, 7) is 3.75. The van der Waals surface area contributed by atoms with Crippen molar-refractivity contribution in [3.05, 3.63) is 36.0 Å². The van der Waals surface area contributed by atoms with Crippen LogP contribution in [-0.2, 0) is 19.8 Å². The summed E-state index contributed by atoms with van der Waals surface area (Å²) in [4.78, 5) is 12.4. The summed E-state index contributed by atoms with van der Waals surface area (Å²) in [6, 6.07) is 2.51. The maximum atomic E-state index is 12.6. The smallest absolute Gasteiger partial charge is 0.354 e. The number of nitrogens with zero attached hydrogens (tertiary/aromatic N) is 6. The van der Waals surface area contributed by atoms with Gasteiger partial charge in [0, 0.05) is 39.4 Å². The first-order valence-electron chi connectivity index (χ1n) is 7.27. The van der Waals surface area contributed by atoms with Crippen LogP contribution >= 0.6 is 0 Å². The van der Waals surface area contributed by atoms with E-state index in [1.165, 1.54) is 12.4 Å². The monoisotopic (exact) mass is 326 g/mol. The number of halogens is 3. The van der Waals surface area contributed by atoms with E-state index in [2.05, 4.69) is 20.0 Å². The van der Waals surface area contributed by atoms with Crippen LogP contribution in [-0.4, -0.2) is 50.8 Å². The number of hydrogen-bond acceptors (Lipinski definition) is 5. The molecule has 6 nitrogen and oxygen atoms in total. The molecule has 23 heavy (non-hydrogen) atoms. The number of piperazine rings is 1. The number of aromatic nitrogens is 4. The Kier molecular flexibility index (Phi) is 4.20. The molecule has 0 aromatic carbocycles. The van der Waals surface area contributed by atoms with Gasteiger partial charge in [-0.05, 0) is 12.1 Å². The molecule has 0 bridgehead atoms. The van der Waals surface area contributed by atoms with E-state index >= 15 is 0 Å². The average Bonchev–Trinajstić information content (AvgIpc) is 2.93. The zero-order chi connectivity index (χ0) is 16.4. The van der Waals surface area contributed by atoms with Gasteiger partial charge in [-0.3, -0.25) is 9.58 Å². The van der Waals surface area contributed by atoms with Crippen LogP contribution in [0.3, 0.4) is 0 Å². The zero-order valence-corrected chi connectivity index (χ0v) is 12.7. The fraction of sp³-hybridized carbons (Fsp3) is 0.500. The van der Waals surface area contributed by atoms with E-state index in [1.807, 2.05) is 11.9 Å². The molecule has 0 unspecified atom stereocenters. The van der Waals surface area contributed by atoms with Crippen molar-refractivity contribution in [2.24, 2.45) is 7.05 Å². The molecule has 2 aromatic rings. The van der Waals surface area contributed by atoms with E-state index in [1.54, 1.807) is 4.68 Å². The Morgan fingerprint density at radius 3 is 2.35 bits per heavy atom. The lowest BCUT2D eigenvalue weighted by atomic mass is 10.2. The van der Waals surface area contributed by atoms with Gasteiger partial charge in [0.05, 0.1) is 12.1 Å². The quantitative estimate of drug-likeness (QED) is 0.857. The molecule has 0 N–H and O–H groups in total. The molecule has 1 aliphatic heterocycles. The van der Waals surface area contributed by atoms with E-state index in [-0.39, 0.29) is 0 Å². The zero-order valence-electron chi connectivity index (χ0n) is 12.7. The van der Waals surface area contributed by atoms with Crippen molar-refractivity contribution < 1.29 is 13.2 Å². The van der Waals surface area contributed by atoms with E-state index in [4.69, 9.17) is 0 Å². The van der Waals surface area contributed by atoms with Crippen molar-refractivity contribution in [2.45, 2.75) is 12.7 Å². The highest BCUT2D eigenvalue weighted by Gasteiger charge is 2.31. The highest BCUT2D eigenvalue weighted by atomic mass is 19.4. The molecule has 124 valence electrons. The second-order valence-corrected chi connectivity index (χ2v) is 5.47. The van der Waals surface area contributed by atoms with Gasteiger partial charge in [0.15, 0.2) is 0 Å². The van der Waals surface area contributed by atoms with Gasteiger partial charge in [-0.2, -0.15) is 18.3 Å². The normalized spacial score (nSPS) is 16.8. The Labute approximate surface area is 131 Å². The van der Waals surface area contributed by atoms with Gasteiger partial charge in [-0.15, -0.1) is 0 Å². The first kappa shape index (κ1) is 15.7. The van der Waals surface area contributed by atoms with Crippen molar-refractivity contribution in [1.82, 2.24) is 24.6 Å². The van der Waals surface area contributed by atoms with E-state index in [9.17, 15) is 13.2 Å². The predicted octanol–water partition coefficient (Wildman–Crippen LogP) is 1.55. The van der Waals surface area contributed by atoms with Crippen molar-refractivity contribution in [3.63, 3.8) is 0 Å². The number of anilines is 1. The summed E-state index contributed by atoms with van der Waals surface area (Å²) in [5.41, 5.74) is -0.720. The maximum absolute atomic E-state index is 12.6.